The van der Waals surface area contributed by atoms with Crippen molar-refractivity contribution >= 4 is 45.8 Å². The molecule has 0 saturated heterocycles. The van der Waals surface area contributed by atoms with Crippen molar-refractivity contribution < 1.29 is 19.1 Å². The number of amides is 1. The standard InChI is InChI=1S/C26H28ClN3O4/c1-14(2)34-23-11-19-22(12-21(23)27)29-13-20(25(28)31)24(19)30-18-9-16(15-6-4-5-7-15)8-17(10-18)26(32)33-3/h8-15H,4-7H2,1-3H3,(H2,28,31)(H,29,30). The summed E-state index contributed by atoms with van der Waals surface area (Å²) in [6.07, 6.45) is 5.80. The van der Waals surface area contributed by atoms with Crippen LogP contribution in [0.3, 0.4) is 0 Å². The SMILES string of the molecule is COC(=O)c1cc(Nc2c(C(N)=O)cnc3cc(Cl)c(OC(C)C)cc23)cc(C2CCCC2)c1. The summed E-state index contributed by atoms with van der Waals surface area (Å²) in [4.78, 5) is 29.1. The third kappa shape index (κ3) is 4.94. The summed E-state index contributed by atoms with van der Waals surface area (Å²) in [6.45, 7) is 3.81. The highest BCUT2D eigenvalue weighted by molar-refractivity contribution is 6.33. The Balaban J connectivity index is 1.87. The van der Waals surface area contributed by atoms with Gasteiger partial charge in [-0.3, -0.25) is 9.78 Å². The first-order valence-electron chi connectivity index (χ1n) is 11.4. The number of halogens is 1. The van der Waals surface area contributed by atoms with Crippen LogP contribution in [0.4, 0.5) is 11.4 Å². The number of nitrogens with two attached hydrogens (primary N) is 1. The molecule has 0 radical (unpaired) electrons. The van der Waals surface area contributed by atoms with Crippen LogP contribution >= 0.6 is 11.6 Å². The largest absolute Gasteiger partial charge is 0.489 e. The number of fused-ring (bicyclic) bond motifs is 1. The van der Waals surface area contributed by atoms with Crippen molar-refractivity contribution in [2.75, 3.05) is 12.4 Å². The molecule has 8 heteroatoms. The van der Waals surface area contributed by atoms with Gasteiger partial charge in [-0.2, -0.15) is 0 Å². The fraction of sp³-hybridized carbons (Fsp3) is 0.346. The lowest BCUT2D eigenvalue weighted by Gasteiger charge is -2.18. The number of aromatic nitrogens is 1. The highest BCUT2D eigenvalue weighted by Crippen LogP contribution is 2.39. The molecule has 0 aliphatic heterocycles. The van der Waals surface area contributed by atoms with E-state index in [9.17, 15) is 9.59 Å². The van der Waals surface area contributed by atoms with Crippen molar-refractivity contribution in [3.8, 4) is 5.75 Å². The molecule has 0 atom stereocenters. The summed E-state index contributed by atoms with van der Waals surface area (Å²) in [5, 5.41) is 4.38. The predicted molar refractivity (Wildman–Crippen MR) is 133 cm³/mol. The van der Waals surface area contributed by atoms with Gasteiger partial charge in [0.25, 0.3) is 5.91 Å². The number of pyridine rings is 1. The summed E-state index contributed by atoms with van der Waals surface area (Å²) >= 11 is 6.40. The first kappa shape index (κ1) is 23.8. The Morgan fingerprint density at radius 1 is 1.15 bits per heavy atom. The lowest BCUT2D eigenvalue weighted by molar-refractivity contribution is 0.0600. The highest BCUT2D eigenvalue weighted by atomic mass is 35.5. The second-order valence-corrected chi connectivity index (χ2v) is 9.23. The van der Waals surface area contributed by atoms with E-state index in [1.165, 1.54) is 13.3 Å². The molecule has 34 heavy (non-hydrogen) atoms. The van der Waals surface area contributed by atoms with Crippen molar-refractivity contribution in [2.45, 2.75) is 51.6 Å². The zero-order valence-electron chi connectivity index (χ0n) is 19.5. The van der Waals surface area contributed by atoms with E-state index in [-0.39, 0.29) is 11.7 Å². The molecule has 1 heterocycles. The normalized spacial score (nSPS) is 13.9. The van der Waals surface area contributed by atoms with Crippen molar-refractivity contribution in [1.82, 2.24) is 4.98 Å². The average Bonchev–Trinajstić information content (AvgIpc) is 3.34. The molecule has 2 aromatic carbocycles. The van der Waals surface area contributed by atoms with Gasteiger partial charge >= 0.3 is 5.97 Å². The van der Waals surface area contributed by atoms with Gasteiger partial charge in [0, 0.05) is 17.3 Å². The Labute approximate surface area is 203 Å². The second kappa shape index (κ2) is 9.89. The van der Waals surface area contributed by atoms with Crippen molar-refractivity contribution in [1.29, 1.82) is 0 Å². The van der Waals surface area contributed by atoms with Crippen LogP contribution in [0, 0.1) is 0 Å². The van der Waals surface area contributed by atoms with E-state index in [1.807, 2.05) is 26.0 Å². The summed E-state index contributed by atoms with van der Waals surface area (Å²) < 4.78 is 10.8. The molecular weight excluding hydrogens is 454 g/mol. The smallest absolute Gasteiger partial charge is 0.337 e. The number of ether oxygens (including phenoxy) is 2. The molecular formula is C26H28ClN3O4. The van der Waals surface area contributed by atoms with Gasteiger partial charge in [0.05, 0.1) is 40.6 Å². The van der Waals surface area contributed by atoms with Gasteiger partial charge in [0.1, 0.15) is 5.75 Å². The van der Waals surface area contributed by atoms with Crippen LogP contribution < -0.4 is 15.8 Å². The molecule has 3 N–H and O–H groups in total. The molecule has 1 saturated carbocycles. The van der Waals surface area contributed by atoms with Gasteiger partial charge in [-0.15, -0.1) is 0 Å². The minimum Gasteiger partial charge on any atom is -0.489 e. The number of anilines is 2. The lowest BCUT2D eigenvalue weighted by Crippen LogP contribution is -2.14. The topological polar surface area (TPSA) is 104 Å². The summed E-state index contributed by atoms with van der Waals surface area (Å²) in [7, 11) is 1.36. The minimum atomic E-state index is -0.627. The molecule has 1 fully saturated rings. The summed E-state index contributed by atoms with van der Waals surface area (Å²) in [5.41, 5.74) is 9.12. The first-order valence-corrected chi connectivity index (χ1v) is 11.7. The number of nitrogens with zero attached hydrogens (tertiary/aromatic N) is 1. The minimum absolute atomic E-state index is 0.0932. The predicted octanol–water partition coefficient (Wildman–Crippen LogP) is 5.96. The number of esters is 1. The zero-order valence-corrected chi connectivity index (χ0v) is 20.2. The molecule has 0 spiro atoms. The van der Waals surface area contributed by atoms with Gasteiger partial charge in [0.2, 0.25) is 0 Å². The van der Waals surface area contributed by atoms with Gasteiger partial charge < -0.3 is 20.5 Å². The van der Waals surface area contributed by atoms with E-state index in [2.05, 4.69) is 10.3 Å². The quantitative estimate of drug-likeness (QED) is 0.403. The van der Waals surface area contributed by atoms with Gasteiger partial charge in [-0.25, -0.2) is 4.79 Å². The molecule has 0 unspecified atom stereocenters. The van der Waals surface area contributed by atoms with E-state index in [4.69, 9.17) is 26.8 Å². The highest BCUT2D eigenvalue weighted by Gasteiger charge is 2.21. The molecule has 1 amide bonds. The molecule has 178 valence electrons. The van der Waals surface area contributed by atoms with Crippen LogP contribution in [0.1, 0.15) is 71.7 Å². The van der Waals surface area contributed by atoms with Crippen LogP contribution in [0.5, 0.6) is 5.75 Å². The molecule has 7 nitrogen and oxygen atoms in total. The fourth-order valence-electron chi connectivity index (χ4n) is 4.46. The number of benzene rings is 2. The summed E-state index contributed by atoms with van der Waals surface area (Å²) in [6, 6.07) is 9.06. The molecule has 1 aliphatic carbocycles. The average molecular weight is 482 g/mol. The van der Waals surface area contributed by atoms with Crippen LogP contribution in [-0.4, -0.2) is 30.1 Å². The Bertz CT molecular complexity index is 1250. The Hall–Kier alpha value is -3.32. The van der Waals surface area contributed by atoms with Crippen molar-refractivity contribution in [2.24, 2.45) is 5.73 Å². The van der Waals surface area contributed by atoms with Crippen LogP contribution in [0.15, 0.2) is 36.5 Å². The zero-order chi connectivity index (χ0) is 24.4. The number of carbonyl (C=O) groups excluding carboxylic acids is 2. The van der Waals surface area contributed by atoms with Gasteiger partial charge in [-0.05, 0) is 68.5 Å². The Morgan fingerprint density at radius 2 is 1.88 bits per heavy atom. The van der Waals surface area contributed by atoms with Gasteiger partial charge in [-0.1, -0.05) is 24.4 Å². The van der Waals surface area contributed by atoms with Gasteiger partial charge in [0.15, 0.2) is 0 Å². The van der Waals surface area contributed by atoms with E-state index >= 15 is 0 Å². The van der Waals surface area contributed by atoms with E-state index in [1.54, 1.807) is 18.2 Å². The number of primary amides is 1. The van der Waals surface area contributed by atoms with Crippen LogP contribution in [0.25, 0.3) is 10.9 Å². The maximum Gasteiger partial charge on any atom is 0.337 e. The number of nitrogens with one attached hydrogen (secondary N) is 1. The first-order chi connectivity index (χ1) is 16.3. The second-order valence-electron chi connectivity index (χ2n) is 8.82. The fourth-order valence-corrected chi connectivity index (χ4v) is 4.66. The number of hydrogen-bond acceptors (Lipinski definition) is 6. The van der Waals surface area contributed by atoms with E-state index in [0.29, 0.717) is 44.5 Å². The van der Waals surface area contributed by atoms with Crippen LogP contribution in [0.2, 0.25) is 5.02 Å². The third-order valence-corrected chi connectivity index (χ3v) is 6.32. The molecule has 3 aromatic rings. The maximum atomic E-state index is 12.4. The lowest BCUT2D eigenvalue weighted by atomic mass is 9.95. The maximum absolute atomic E-state index is 12.4. The Kier molecular flexibility index (Phi) is 6.93. The summed E-state index contributed by atoms with van der Waals surface area (Å²) in [5.74, 6) is -0.194. The van der Waals surface area contributed by atoms with Crippen molar-refractivity contribution in [3.05, 3.63) is 58.2 Å². The van der Waals surface area contributed by atoms with Crippen molar-refractivity contribution in [3.63, 3.8) is 0 Å². The molecule has 0 bridgehead atoms. The number of carbonyl (C=O) groups is 2. The number of methoxy groups -OCH3 is 1. The van der Waals surface area contributed by atoms with E-state index in [0.717, 1.165) is 31.2 Å². The Morgan fingerprint density at radius 3 is 2.53 bits per heavy atom. The van der Waals surface area contributed by atoms with Crippen LogP contribution in [-0.2, 0) is 4.74 Å². The number of hydrogen-bond donors (Lipinski definition) is 2. The number of rotatable bonds is 7. The third-order valence-electron chi connectivity index (χ3n) is 6.02. The monoisotopic (exact) mass is 481 g/mol. The molecule has 1 aliphatic rings. The molecule has 1 aromatic heterocycles. The van der Waals surface area contributed by atoms with E-state index < -0.39 is 11.9 Å². The molecule has 4 rings (SSSR count).